The standard InChI is InChI=1S/C9H17N3O3/c1-10-8(13)11-5-7-3-4-12(6-7)9(14)15-2/h7H,3-6H2,1-2H3,(H2,10,11,13)/t7-/m1/s1. The number of nitrogens with zero attached hydrogens (tertiary/aromatic N) is 1. The molecule has 0 aromatic heterocycles. The lowest BCUT2D eigenvalue weighted by Crippen LogP contribution is -2.37. The van der Waals surface area contributed by atoms with Crippen molar-refractivity contribution < 1.29 is 14.3 Å². The van der Waals surface area contributed by atoms with Crippen molar-refractivity contribution >= 4 is 12.1 Å². The third-order valence-electron chi connectivity index (χ3n) is 2.50. The van der Waals surface area contributed by atoms with Crippen molar-refractivity contribution in [1.82, 2.24) is 15.5 Å². The van der Waals surface area contributed by atoms with Crippen LogP contribution in [0.4, 0.5) is 9.59 Å². The van der Waals surface area contributed by atoms with Gasteiger partial charge in [-0.05, 0) is 12.3 Å². The summed E-state index contributed by atoms with van der Waals surface area (Å²) in [6, 6.07) is -0.188. The summed E-state index contributed by atoms with van der Waals surface area (Å²) in [7, 11) is 2.95. The number of amides is 3. The minimum atomic E-state index is -0.294. The SMILES string of the molecule is CNC(=O)NC[C@H]1CCN(C(=O)OC)C1. The molecule has 0 radical (unpaired) electrons. The van der Waals surface area contributed by atoms with Crippen molar-refractivity contribution in [2.45, 2.75) is 6.42 Å². The second-order valence-electron chi connectivity index (χ2n) is 3.53. The van der Waals surface area contributed by atoms with E-state index in [4.69, 9.17) is 0 Å². The molecular weight excluding hydrogens is 198 g/mol. The summed E-state index contributed by atoms with van der Waals surface area (Å²) < 4.78 is 4.62. The molecule has 0 aliphatic carbocycles. The first-order chi connectivity index (χ1) is 7.17. The lowest BCUT2D eigenvalue weighted by molar-refractivity contribution is 0.131. The van der Waals surface area contributed by atoms with Gasteiger partial charge in [0.05, 0.1) is 7.11 Å². The fourth-order valence-corrected chi connectivity index (χ4v) is 1.62. The summed E-state index contributed by atoms with van der Waals surface area (Å²) in [6.45, 7) is 1.94. The number of nitrogens with one attached hydrogen (secondary N) is 2. The Labute approximate surface area is 88.9 Å². The summed E-state index contributed by atoms with van der Waals surface area (Å²) in [5.41, 5.74) is 0. The Hall–Kier alpha value is -1.46. The molecule has 1 aliphatic heterocycles. The molecule has 0 bridgehead atoms. The number of methoxy groups -OCH3 is 1. The number of hydrogen-bond donors (Lipinski definition) is 2. The zero-order valence-electron chi connectivity index (χ0n) is 9.08. The normalized spacial score (nSPS) is 19.9. The van der Waals surface area contributed by atoms with Crippen LogP contribution in [0, 0.1) is 5.92 Å². The number of likely N-dealkylation sites (tertiary alicyclic amines) is 1. The average molecular weight is 215 g/mol. The summed E-state index contributed by atoms with van der Waals surface area (Å²) in [5, 5.41) is 5.20. The van der Waals surface area contributed by atoms with E-state index in [1.165, 1.54) is 7.11 Å². The zero-order valence-corrected chi connectivity index (χ0v) is 9.08. The highest BCUT2D eigenvalue weighted by Gasteiger charge is 2.26. The molecule has 1 saturated heterocycles. The Kier molecular flexibility index (Phi) is 4.20. The molecule has 6 nitrogen and oxygen atoms in total. The van der Waals surface area contributed by atoms with E-state index in [0.717, 1.165) is 6.42 Å². The number of carbonyl (C=O) groups excluding carboxylic acids is 2. The Morgan fingerprint density at radius 1 is 1.53 bits per heavy atom. The molecule has 3 amide bonds. The molecule has 2 N–H and O–H groups in total. The molecule has 1 fully saturated rings. The molecule has 0 aromatic rings. The van der Waals surface area contributed by atoms with Gasteiger partial charge >= 0.3 is 12.1 Å². The van der Waals surface area contributed by atoms with Crippen molar-refractivity contribution in [3.05, 3.63) is 0 Å². The van der Waals surface area contributed by atoms with E-state index in [1.54, 1.807) is 11.9 Å². The van der Waals surface area contributed by atoms with E-state index in [9.17, 15) is 9.59 Å². The van der Waals surface area contributed by atoms with Gasteiger partial charge in [-0.3, -0.25) is 0 Å². The van der Waals surface area contributed by atoms with Crippen LogP contribution in [0.5, 0.6) is 0 Å². The van der Waals surface area contributed by atoms with Gasteiger partial charge in [0.25, 0.3) is 0 Å². The molecule has 1 aliphatic rings. The van der Waals surface area contributed by atoms with E-state index >= 15 is 0 Å². The van der Waals surface area contributed by atoms with Crippen molar-refractivity contribution in [2.24, 2.45) is 5.92 Å². The summed E-state index contributed by atoms with van der Waals surface area (Å²) in [4.78, 5) is 23.7. The van der Waals surface area contributed by atoms with Crippen molar-refractivity contribution in [2.75, 3.05) is 33.8 Å². The summed E-state index contributed by atoms with van der Waals surface area (Å²) in [6.07, 6.45) is 0.608. The van der Waals surface area contributed by atoms with Gasteiger partial charge in [-0.15, -0.1) is 0 Å². The van der Waals surface area contributed by atoms with Gasteiger partial charge in [-0.1, -0.05) is 0 Å². The predicted molar refractivity (Wildman–Crippen MR) is 54.5 cm³/mol. The van der Waals surface area contributed by atoms with Gasteiger partial charge in [0, 0.05) is 26.7 Å². The van der Waals surface area contributed by atoms with Crippen molar-refractivity contribution in [3.8, 4) is 0 Å². The summed E-state index contributed by atoms with van der Waals surface area (Å²) >= 11 is 0. The Balaban J connectivity index is 2.24. The number of urea groups is 1. The number of carbonyl (C=O) groups is 2. The van der Waals surface area contributed by atoms with E-state index in [1.807, 2.05) is 0 Å². The molecule has 0 unspecified atom stereocenters. The van der Waals surface area contributed by atoms with Crippen LogP contribution in [0.1, 0.15) is 6.42 Å². The third kappa shape index (κ3) is 3.30. The van der Waals surface area contributed by atoms with Crippen molar-refractivity contribution in [1.29, 1.82) is 0 Å². The van der Waals surface area contributed by atoms with Crippen molar-refractivity contribution in [3.63, 3.8) is 0 Å². The molecule has 86 valence electrons. The first kappa shape index (κ1) is 11.6. The quantitative estimate of drug-likeness (QED) is 0.681. The first-order valence-electron chi connectivity index (χ1n) is 4.95. The maximum Gasteiger partial charge on any atom is 0.409 e. The number of rotatable bonds is 2. The van der Waals surface area contributed by atoms with E-state index in [2.05, 4.69) is 15.4 Å². The van der Waals surface area contributed by atoms with Gasteiger partial charge < -0.3 is 20.3 Å². The Bertz CT molecular complexity index is 245. The number of ether oxygens (including phenoxy) is 1. The largest absolute Gasteiger partial charge is 0.453 e. The average Bonchev–Trinajstić information content (AvgIpc) is 2.73. The smallest absolute Gasteiger partial charge is 0.409 e. The van der Waals surface area contributed by atoms with Crippen LogP contribution in [-0.2, 0) is 4.74 Å². The highest BCUT2D eigenvalue weighted by molar-refractivity contribution is 5.73. The van der Waals surface area contributed by atoms with E-state index < -0.39 is 0 Å². The fourth-order valence-electron chi connectivity index (χ4n) is 1.62. The Morgan fingerprint density at radius 2 is 2.27 bits per heavy atom. The molecule has 1 atom stereocenters. The maximum atomic E-state index is 11.2. The van der Waals surface area contributed by atoms with Gasteiger partial charge in [0.1, 0.15) is 0 Å². The highest BCUT2D eigenvalue weighted by atomic mass is 16.5. The topological polar surface area (TPSA) is 70.7 Å². The van der Waals surface area contributed by atoms with Gasteiger partial charge in [0.15, 0.2) is 0 Å². The molecule has 0 spiro atoms. The lowest BCUT2D eigenvalue weighted by Gasteiger charge is -2.14. The molecule has 6 heteroatoms. The monoisotopic (exact) mass is 215 g/mol. The first-order valence-corrected chi connectivity index (χ1v) is 4.95. The van der Waals surface area contributed by atoms with E-state index in [0.29, 0.717) is 25.6 Å². The minimum absolute atomic E-state index is 0.188. The molecule has 1 rings (SSSR count). The molecular formula is C9H17N3O3. The zero-order chi connectivity index (χ0) is 11.3. The van der Waals surface area contributed by atoms with Gasteiger partial charge in [-0.2, -0.15) is 0 Å². The maximum absolute atomic E-state index is 11.2. The lowest BCUT2D eigenvalue weighted by atomic mass is 10.1. The van der Waals surface area contributed by atoms with Crippen LogP contribution < -0.4 is 10.6 Å². The van der Waals surface area contributed by atoms with Gasteiger partial charge in [0.2, 0.25) is 0 Å². The van der Waals surface area contributed by atoms with Crippen LogP contribution in [0.15, 0.2) is 0 Å². The Morgan fingerprint density at radius 3 is 2.87 bits per heavy atom. The predicted octanol–water partition coefficient (Wildman–Crippen LogP) is 0.00370. The van der Waals surface area contributed by atoms with Gasteiger partial charge in [-0.25, -0.2) is 9.59 Å². The van der Waals surface area contributed by atoms with E-state index in [-0.39, 0.29) is 12.1 Å². The molecule has 15 heavy (non-hydrogen) atoms. The fraction of sp³-hybridized carbons (Fsp3) is 0.778. The second kappa shape index (κ2) is 5.43. The highest BCUT2D eigenvalue weighted by Crippen LogP contribution is 2.15. The third-order valence-corrected chi connectivity index (χ3v) is 2.50. The summed E-state index contributed by atoms with van der Waals surface area (Å²) in [5.74, 6) is 0.321. The van der Waals surface area contributed by atoms with Crippen LogP contribution >= 0.6 is 0 Å². The molecule has 1 heterocycles. The number of hydrogen-bond acceptors (Lipinski definition) is 3. The van der Waals surface area contributed by atoms with Crippen LogP contribution in [0.3, 0.4) is 0 Å². The molecule has 0 aromatic carbocycles. The van der Waals surface area contributed by atoms with Crippen LogP contribution in [0.2, 0.25) is 0 Å². The second-order valence-corrected chi connectivity index (χ2v) is 3.53. The van der Waals surface area contributed by atoms with Crippen LogP contribution in [0.25, 0.3) is 0 Å². The van der Waals surface area contributed by atoms with Crippen LogP contribution in [-0.4, -0.2) is 50.8 Å². The minimum Gasteiger partial charge on any atom is -0.453 e. The molecule has 0 saturated carbocycles.